The number of H-pyrrole nitrogens is 1. The molecule has 2 N–H and O–H groups in total. The maximum atomic E-state index is 12.8. The van der Waals surface area contributed by atoms with Crippen molar-refractivity contribution < 1.29 is 14.3 Å². The molecule has 0 unspecified atom stereocenters. The maximum absolute atomic E-state index is 12.8. The number of pyridine rings is 1. The first-order valence-corrected chi connectivity index (χ1v) is 9.92. The Balaban J connectivity index is 1.68. The topological polar surface area (TPSA) is 85.3 Å². The van der Waals surface area contributed by atoms with Crippen molar-refractivity contribution in [3.63, 3.8) is 0 Å². The summed E-state index contributed by atoms with van der Waals surface area (Å²) in [5.41, 5.74) is 1.97. The molecule has 0 saturated heterocycles. The summed E-state index contributed by atoms with van der Waals surface area (Å²) in [7, 11) is 1.57. The summed E-state index contributed by atoms with van der Waals surface area (Å²) in [6.07, 6.45) is 0.0612. The quantitative estimate of drug-likeness (QED) is 0.488. The van der Waals surface area contributed by atoms with E-state index < -0.39 is 0 Å². The molecule has 31 heavy (non-hydrogen) atoms. The minimum atomic E-state index is -0.316. The van der Waals surface area contributed by atoms with Crippen LogP contribution in [0.2, 0.25) is 0 Å². The highest BCUT2D eigenvalue weighted by atomic mass is 16.5. The third-order valence-electron chi connectivity index (χ3n) is 4.71. The Morgan fingerprint density at radius 2 is 1.77 bits per heavy atom. The molecule has 0 radical (unpaired) electrons. The molecule has 2 heterocycles. The van der Waals surface area contributed by atoms with E-state index in [1.807, 2.05) is 38.1 Å². The fraction of sp³-hybridized carbons (Fsp3) is 0.167. The summed E-state index contributed by atoms with van der Waals surface area (Å²) in [6.45, 7) is 3.91. The number of carbonyl (C=O) groups is 1. The predicted molar refractivity (Wildman–Crippen MR) is 121 cm³/mol. The van der Waals surface area contributed by atoms with Crippen molar-refractivity contribution in [3.05, 3.63) is 82.8 Å². The van der Waals surface area contributed by atoms with Crippen molar-refractivity contribution in [2.24, 2.45) is 0 Å². The smallest absolute Gasteiger partial charge is 0.272 e. The number of aromatic nitrogens is 2. The molecular formula is C24H23N3O4. The summed E-state index contributed by atoms with van der Waals surface area (Å²) >= 11 is 0. The lowest BCUT2D eigenvalue weighted by molar-refractivity contribution is 0.102. The minimum absolute atomic E-state index is 0.0612. The van der Waals surface area contributed by atoms with Gasteiger partial charge in [-0.15, -0.1) is 0 Å². The second-order valence-electron chi connectivity index (χ2n) is 7.34. The van der Waals surface area contributed by atoms with Gasteiger partial charge in [0.2, 0.25) is 0 Å². The van der Waals surface area contributed by atoms with Crippen LogP contribution < -0.4 is 20.3 Å². The van der Waals surface area contributed by atoms with Crippen LogP contribution in [0.1, 0.15) is 24.3 Å². The first-order valence-electron chi connectivity index (χ1n) is 9.92. The monoisotopic (exact) mass is 417 g/mol. The lowest BCUT2D eigenvalue weighted by Crippen LogP contribution is -2.17. The molecule has 0 bridgehead atoms. The fourth-order valence-electron chi connectivity index (χ4n) is 3.34. The molecule has 0 atom stereocenters. The molecule has 0 spiro atoms. The number of methoxy groups -OCH3 is 1. The number of benzene rings is 2. The summed E-state index contributed by atoms with van der Waals surface area (Å²) < 4.78 is 12.4. The number of hydrogen-bond donors (Lipinski definition) is 2. The summed E-state index contributed by atoms with van der Waals surface area (Å²) in [6, 6.07) is 19.3. The molecule has 7 nitrogen and oxygen atoms in total. The third kappa shape index (κ3) is 4.30. The summed E-state index contributed by atoms with van der Waals surface area (Å²) in [5, 5.41) is 3.59. The van der Waals surface area contributed by atoms with Gasteiger partial charge in [0, 0.05) is 23.2 Å². The van der Waals surface area contributed by atoms with Gasteiger partial charge in [-0.3, -0.25) is 14.2 Å². The largest absolute Gasteiger partial charge is 0.497 e. The number of ether oxygens (including phenoxy) is 2. The molecule has 1 amide bonds. The minimum Gasteiger partial charge on any atom is -0.497 e. The van der Waals surface area contributed by atoms with Crippen molar-refractivity contribution in [2.75, 3.05) is 12.4 Å². The highest BCUT2D eigenvalue weighted by Crippen LogP contribution is 2.22. The van der Waals surface area contributed by atoms with Crippen molar-refractivity contribution >= 4 is 22.6 Å². The summed E-state index contributed by atoms with van der Waals surface area (Å²) in [4.78, 5) is 28.5. The lowest BCUT2D eigenvalue weighted by Gasteiger charge is -2.11. The highest BCUT2D eigenvalue weighted by molar-refractivity contribution is 6.05. The van der Waals surface area contributed by atoms with Crippen molar-refractivity contribution in [2.45, 2.75) is 20.0 Å². The standard InChI is InChI=1S/C24H23N3O4/c1-15(2)31-19-10-8-18(9-11-19)27-22(28)12-7-16-13-21(26-23(16)27)24(29)25-17-5-4-6-20(14-17)30-3/h4-15,26H,1-3H3,(H,25,29). The second kappa shape index (κ2) is 8.39. The Morgan fingerprint density at radius 1 is 1.00 bits per heavy atom. The molecule has 2 aromatic heterocycles. The molecule has 7 heteroatoms. The van der Waals surface area contributed by atoms with Crippen molar-refractivity contribution in [3.8, 4) is 17.2 Å². The van der Waals surface area contributed by atoms with E-state index in [1.54, 1.807) is 43.5 Å². The molecule has 0 saturated carbocycles. The number of carbonyl (C=O) groups excluding carboxylic acids is 1. The van der Waals surface area contributed by atoms with Gasteiger partial charge >= 0.3 is 0 Å². The van der Waals surface area contributed by atoms with Crippen LogP contribution >= 0.6 is 0 Å². The molecule has 0 fully saturated rings. The van der Waals surface area contributed by atoms with E-state index in [0.29, 0.717) is 28.5 Å². The molecule has 0 aliphatic carbocycles. The zero-order chi connectivity index (χ0) is 22.0. The highest BCUT2D eigenvalue weighted by Gasteiger charge is 2.14. The second-order valence-corrected chi connectivity index (χ2v) is 7.34. The molecule has 0 aliphatic heterocycles. The van der Waals surface area contributed by atoms with Crippen LogP contribution in [0, 0.1) is 0 Å². The van der Waals surface area contributed by atoms with Crippen LogP contribution in [0.4, 0.5) is 5.69 Å². The van der Waals surface area contributed by atoms with E-state index in [-0.39, 0.29) is 17.6 Å². The number of aromatic amines is 1. The first-order chi connectivity index (χ1) is 14.9. The van der Waals surface area contributed by atoms with Crippen LogP contribution in [-0.4, -0.2) is 28.7 Å². The van der Waals surface area contributed by atoms with Gasteiger partial charge in [0.25, 0.3) is 11.5 Å². The van der Waals surface area contributed by atoms with Crippen LogP contribution in [-0.2, 0) is 0 Å². The average Bonchev–Trinajstić information content (AvgIpc) is 3.19. The Hall–Kier alpha value is -4.00. The predicted octanol–water partition coefficient (Wildman–Crippen LogP) is 4.37. The van der Waals surface area contributed by atoms with Crippen molar-refractivity contribution in [1.82, 2.24) is 9.55 Å². The van der Waals surface area contributed by atoms with E-state index in [9.17, 15) is 9.59 Å². The van der Waals surface area contributed by atoms with Gasteiger partial charge in [0.05, 0.1) is 18.9 Å². The lowest BCUT2D eigenvalue weighted by atomic mass is 10.2. The van der Waals surface area contributed by atoms with Crippen LogP contribution in [0.15, 0.2) is 71.5 Å². The molecule has 2 aromatic carbocycles. The normalized spacial score (nSPS) is 11.0. The van der Waals surface area contributed by atoms with Gasteiger partial charge in [-0.25, -0.2) is 0 Å². The third-order valence-corrected chi connectivity index (χ3v) is 4.71. The molecule has 158 valence electrons. The SMILES string of the molecule is COc1cccc(NC(=O)c2cc3ccc(=O)n(-c4ccc(OC(C)C)cc4)c3[nH]2)c1. The molecule has 0 aliphatic rings. The van der Waals surface area contributed by atoms with Gasteiger partial charge in [-0.2, -0.15) is 0 Å². The van der Waals surface area contributed by atoms with Gasteiger partial charge in [-0.1, -0.05) is 6.07 Å². The molecular weight excluding hydrogens is 394 g/mol. The Labute approximate surface area is 179 Å². The Bertz CT molecular complexity index is 1290. The Morgan fingerprint density at radius 3 is 2.48 bits per heavy atom. The van der Waals surface area contributed by atoms with Crippen molar-refractivity contribution in [1.29, 1.82) is 0 Å². The number of amides is 1. The zero-order valence-corrected chi connectivity index (χ0v) is 17.5. The van der Waals surface area contributed by atoms with E-state index in [1.165, 1.54) is 10.6 Å². The number of fused-ring (bicyclic) bond motifs is 1. The number of hydrogen-bond acceptors (Lipinski definition) is 4. The van der Waals surface area contributed by atoms with E-state index in [2.05, 4.69) is 10.3 Å². The number of anilines is 1. The molecule has 4 rings (SSSR count). The van der Waals surface area contributed by atoms with Gasteiger partial charge in [0.1, 0.15) is 22.8 Å². The Kier molecular flexibility index (Phi) is 5.49. The zero-order valence-electron chi connectivity index (χ0n) is 17.5. The van der Waals surface area contributed by atoms with Gasteiger partial charge in [0.15, 0.2) is 0 Å². The van der Waals surface area contributed by atoms with Gasteiger partial charge in [-0.05, 0) is 62.4 Å². The first kappa shape index (κ1) is 20.3. The van der Waals surface area contributed by atoms with Gasteiger partial charge < -0.3 is 19.8 Å². The fourth-order valence-corrected chi connectivity index (χ4v) is 3.34. The van der Waals surface area contributed by atoms with Crippen LogP contribution in [0.5, 0.6) is 11.5 Å². The number of rotatable bonds is 6. The maximum Gasteiger partial charge on any atom is 0.272 e. The van der Waals surface area contributed by atoms with Crippen LogP contribution in [0.3, 0.4) is 0 Å². The average molecular weight is 417 g/mol. The molecule has 4 aromatic rings. The van der Waals surface area contributed by atoms with E-state index in [4.69, 9.17) is 9.47 Å². The number of nitrogens with zero attached hydrogens (tertiary/aromatic N) is 1. The number of nitrogens with one attached hydrogen (secondary N) is 2. The summed E-state index contributed by atoms with van der Waals surface area (Å²) in [5.74, 6) is 1.06. The van der Waals surface area contributed by atoms with Crippen LogP contribution in [0.25, 0.3) is 16.7 Å². The van der Waals surface area contributed by atoms with E-state index in [0.717, 1.165) is 11.1 Å². The van der Waals surface area contributed by atoms with E-state index >= 15 is 0 Å².